The number of phenolic OH excluding ortho intramolecular Hbond substituents is 1. The van der Waals surface area contributed by atoms with Crippen molar-refractivity contribution in [2.75, 3.05) is 33.2 Å². The zero-order chi connectivity index (χ0) is 24.9. The fourth-order valence-corrected chi connectivity index (χ4v) is 4.37. The number of halogens is 1. The Morgan fingerprint density at radius 3 is 2.06 bits per heavy atom. The van der Waals surface area contributed by atoms with Crippen molar-refractivity contribution in [3.63, 3.8) is 0 Å². The lowest BCUT2D eigenvalue weighted by Gasteiger charge is -2.16. The van der Waals surface area contributed by atoms with Crippen molar-refractivity contribution in [2.45, 2.75) is 4.90 Å². The van der Waals surface area contributed by atoms with Crippen molar-refractivity contribution in [3.8, 4) is 28.7 Å². The first-order chi connectivity index (χ1) is 16.2. The summed E-state index contributed by atoms with van der Waals surface area (Å²) < 4.78 is 63.1. The molecule has 0 aromatic heterocycles. The van der Waals surface area contributed by atoms with Gasteiger partial charge in [0.2, 0.25) is 5.75 Å². The van der Waals surface area contributed by atoms with Crippen LogP contribution in [0.2, 0.25) is 0 Å². The molecule has 0 aliphatic heterocycles. The third-order valence-corrected chi connectivity index (χ3v) is 6.21. The Kier molecular flexibility index (Phi) is 7.52. The number of aromatic hydroxyl groups is 1. The van der Waals surface area contributed by atoms with Crippen LogP contribution in [0.25, 0.3) is 12.2 Å². The number of hydrogen-bond acceptors (Lipinski definition) is 7. The molecule has 8 nitrogen and oxygen atoms in total. The zero-order valence-electron chi connectivity index (χ0n) is 19.0. The molecule has 3 aromatic carbocycles. The minimum absolute atomic E-state index is 0.0181. The van der Waals surface area contributed by atoms with E-state index in [0.29, 0.717) is 28.4 Å². The largest absolute Gasteiger partial charge is 0.504 e. The molecule has 0 unspecified atom stereocenters. The van der Waals surface area contributed by atoms with Crippen molar-refractivity contribution < 1.29 is 36.9 Å². The van der Waals surface area contributed by atoms with E-state index < -0.39 is 15.8 Å². The Labute approximate surface area is 197 Å². The van der Waals surface area contributed by atoms with Crippen molar-refractivity contribution in [1.29, 1.82) is 0 Å². The lowest BCUT2D eigenvalue weighted by Crippen LogP contribution is -2.14. The molecule has 0 heterocycles. The average molecular weight is 490 g/mol. The highest BCUT2D eigenvalue weighted by molar-refractivity contribution is 7.92. The highest BCUT2D eigenvalue weighted by Gasteiger charge is 2.21. The van der Waals surface area contributed by atoms with Gasteiger partial charge in [0.15, 0.2) is 23.0 Å². The molecule has 0 radical (unpaired) electrons. The number of hydrogen-bond donors (Lipinski definition) is 2. The topological polar surface area (TPSA) is 103 Å². The molecule has 10 heteroatoms. The molecule has 0 bridgehead atoms. The Balaban J connectivity index is 2.08. The van der Waals surface area contributed by atoms with E-state index in [1.165, 1.54) is 52.7 Å². The molecule has 0 saturated carbocycles. The lowest BCUT2D eigenvalue weighted by atomic mass is 10.1. The van der Waals surface area contributed by atoms with Gasteiger partial charge in [0.05, 0.1) is 33.3 Å². The summed E-state index contributed by atoms with van der Waals surface area (Å²) in [5, 5.41) is 10.2. The van der Waals surface area contributed by atoms with Crippen LogP contribution in [0.3, 0.4) is 0 Å². The van der Waals surface area contributed by atoms with Crippen LogP contribution < -0.4 is 23.7 Å². The van der Waals surface area contributed by atoms with Crippen LogP contribution in [0.15, 0.2) is 53.4 Å². The second kappa shape index (κ2) is 10.3. The molecule has 180 valence electrons. The molecule has 3 aromatic rings. The van der Waals surface area contributed by atoms with Crippen molar-refractivity contribution in [1.82, 2.24) is 0 Å². The van der Waals surface area contributed by atoms with Gasteiger partial charge >= 0.3 is 0 Å². The summed E-state index contributed by atoms with van der Waals surface area (Å²) in [5.74, 6) is 0.246. The number of nitrogens with one attached hydrogen (secondary N) is 1. The third-order valence-electron chi connectivity index (χ3n) is 4.86. The van der Waals surface area contributed by atoms with Crippen molar-refractivity contribution in [3.05, 3.63) is 65.5 Å². The molecular weight excluding hydrogens is 465 g/mol. The average Bonchev–Trinajstić information content (AvgIpc) is 2.82. The fraction of sp³-hybridized carbons (Fsp3) is 0.167. The molecule has 0 atom stereocenters. The number of benzene rings is 3. The molecular formula is C24H24FNO7S. The number of anilines is 1. The quantitative estimate of drug-likeness (QED) is 0.426. The van der Waals surface area contributed by atoms with Crippen LogP contribution in [0.4, 0.5) is 10.1 Å². The van der Waals surface area contributed by atoms with E-state index in [1.54, 1.807) is 24.3 Å². The Bertz CT molecular complexity index is 1300. The van der Waals surface area contributed by atoms with Gasteiger partial charge < -0.3 is 24.1 Å². The fourth-order valence-electron chi connectivity index (χ4n) is 3.25. The molecule has 0 aliphatic rings. The molecule has 0 aliphatic carbocycles. The van der Waals surface area contributed by atoms with Crippen LogP contribution in [-0.2, 0) is 10.0 Å². The maximum atomic E-state index is 13.6. The second-order valence-corrected chi connectivity index (χ2v) is 8.62. The Hall–Kier alpha value is -3.92. The maximum Gasteiger partial charge on any atom is 0.262 e. The van der Waals surface area contributed by atoms with Gasteiger partial charge in [-0.2, -0.15) is 0 Å². The maximum absolute atomic E-state index is 13.6. The third kappa shape index (κ3) is 5.18. The number of phenols is 1. The predicted octanol–water partition coefficient (Wildman–Crippen LogP) is 4.54. The molecule has 34 heavy (non-hydrogen) atoms. The zero-order valence-corrected chi connectivity index (χ0v) is 19.8. The summed E-state index contributed by atoms with van der Waals surface area (Å²) in [7, 11) is 1.59. The van der Waals surface area contributed by atoms with Gasteiger partial charge in [-0.1, -0.05) is 18.2 Å². The van der Waals surface area contributed by atoms with Crippen LogP contribution in [0.1, 0.15) is 11.1 Å². The minimum Gasteiger partial charge on any atom is -0.504 e. The Morgan fingerprint density at radius 1 is 0.853 bits per heavy atom. The van der Waals surface area contributed by atoms with E-state index in [2.05, 4.69) is 4.72 Å². The van der Waals surface area contributed by atoms with Crippen LogP contribution in [0, 0.1) is 5.82 Å². The van der Waals surface area contributed by atoms with Gasteiger partial charge in [0.25, 0.3) is 10.0 Å². The molecule has 0 spiro atoms. The summed E-state index contributed by atoms with van der Waals surface area (Å²) >= 11 is 0. The molecule has 3 rings (SSSR count). The minimum atomic E-state index is -4.19. The van der Waals surface area contributed by atoms with Crippen LogP contribution in [-0.4, -0.2) is 42.0 Å². The van der Waals surface area contributed by atoms with E-state index in [4.69, 9.17) is 18.9 Å². The van der Waals surface area contributed by atoms with E-state index in [0.717, 1.165) is 12.1 Å². The summed E-state index contributed by atoms with van der Waals surface area (Å²) in [4.78, 5) is -0.280. The van der Waals surface area contributed by atoms with Gasteiger partial charge in [-0.15, -0.1) is 0 Å². The number of ether oxygens (including phenoxy) is 4. The highest BCUT2D eigenvalue weighted by atomic mass is 32.2. The number of sulfonamides is 1. The van der Waals surface area contributed by atoms with E-state index in [9.17, 15) is 17.9 Å². The van der Waals surface area contributed by atoms with Gasteiger partial charge in [-0.3, -0.25) is 4.72 Å². The summed E-state index contributed by atoms with van der Waals surface area (Å²) in [6, 6.07) is 10.9. The van der Waals surface area contributed by atoms with Crippen molar-refractivity contribution >= 4 is 27.9 Å². The first-order valence-electron chi connectivity index (χ1n) is 9.90. The molecule has 0 fully saturated rings. The molecule has 2 N–H and O–H groups in total. The monoisotopic (exact) mass is 489 g/mol. The van der Waals surface area contributed by atoms with Gasteiger partial charge in [0.1, 0.15) is 11.5 Å². The van der Waals surface area contributed by atoms with E-state index in [-0.39, 0.29) is 22.1 Å². The number of rotatable bonds is 9. The summed E-state index contributed by atoms with van der Waals surface area (Å²) in [6.45, 7) is 0. The second-order valence-electron chi connectivity index (χ2n) is 6.94. The molecule has 0 saturated heterocycles. The van der Waals surface area contributed by atoms with Crippen molar-refractivity contribution in [2.24, 2.45) is 0 Å². The van der Waals surface area contributed by atoms with Gasteiger partial charge in [-0.25, -0.2) is 12.8 Å². The highest BCUT2D eigenvalue weighted by Crippen LogP contribution is 2.41. The SMILES string of the molecule is COc1cc(C=Cc2ccc(O)c(OC)c2NS(=O)(=O)c2cccc(F)c2)cc(OC)c1OC. The van der Waals surface area contributed by atoms with Gasteiger partial charge in [0, 0.05) is 5.56 Å². The summed E-state index contributed by atoms with van der Waals surface area (Å²) in [6.07, 6.45) is 3.31. The normalized spacial score (nSPS) is 11.3. The standard InChI is InChI=1S/C24H24FNO7S/c1-30-20-12-15(13-21(31-2)24(20)33-4)8-9-16-10-11-19(27)23(32-3)22(16)26-34(28,29)18-7-5-6-17(25)14-18/h5-14,26-27H,1-4H3. The first-order valence-corrected chi connectivity index (χ1v) is 11.4. The number of methoxy groups -OCH3 is 4. The van der Waals surface area contributed by atoms with E-state index >= 15 is 0 Å². The van der Waals surface area contributed by atoms with Crippen LogP contribution >= 0.6 is 0 Å². The van der Waals surface area contributed by atoms with E-state index in [1.807, 2.05) is 0 Å². The smallest absolute Gasteiger partial charge is 0.262 e. The Morgan fingerprint density at radius 2 is 1.50 bits per heavy atom. The van der Waals surface area contributed by atoms with Crippen LogP contribution in [0.5, 0.6) is 28.7 Å². The van der Waals surface area contributed by atoms with Gasteiger partial charge in [-0.05, 0) is 48.0 Å². The summed E-state index contributed by atoms with van der Waals surface area (Å²) in [5.41, 5.74) is 1.03. The first kappa shape index (κ1) is 24.7. The predicted molar refractivity (Wildman–Crippen MR) is 127 cm³/mol. The lowest BCUT2D eigenvalue weighted by molar-refractivity contribution is 0.324. The molecule has 0 amide bonds.